The number of nitrogens with zero attached hydrogens (tertiary/aromatic N) is 3. The lowest BCUT2D eigenvalue weighted by molar-refractivity contribution is -0.119. The average molecular weight is 527 g/mol. The first-order valence-electron chi connectivity index (χ1n) is 14.1. The molecular weight excluding hydrogens is 484 g/mol. The Hall–Kier alpha value is -3.51. The number of primary amides is 1. The Kier molecular flexibility index (Phi) is 9.18. The fraction of sp³-hybridized carbons (Fsp3) is 0.424. The highest BCUT2D eigenvalue weighted by Gasteiger charge is 2.23. The third-order valence-electron chi connectivity index (χ3n) is 7.66. The van der Waals surface area contributed by atoms with Crippen molar-refractivity contribution in [1.82, 2.24) is 14.9 Å². The van der Waals surface area contributed by atoms with Gasteiger partial charge in [-0.25, -0.2) is 9.97 Å². The van der Waals surface area contributed by atoms with Gasteiger partial charge in [0.25, 0.3) is 0 Å². The Bertz CT molecular complexity index is 1350. The van der Waals surface area contributed by atoms with Gasteiger partial charge in [0.2, 0.25) is 5.91 Å². The minimum absolute atomic E-state index is 0.267. The molecule has 0 fully saturated rings. The number of ether oxygens (including phenoxy) is 1. The SMILES string of the molecule is CCc1cccc(CC)c1-c1nc(C)c(COc2cc(C(C)C)ccc2C)c(C2=CCN(CC(N)=O)CC2)n1. The molecule has 0 unspecified atom stereocenters. The van der Waals surface area contributed by atoms with E-state index < -0.39 is 0 Å². The second-order valence-electron chi connectivity index (χ2n) is 10.8. The van der Waals surface area contributed by atoms with Crippen molar-refractivity contribution in [2.75, 3.05) is 19.6 Å². The summed E-state index contributed by atoms with van der Waals surface area (Å²) in [5.74, 6) is 1.79. The molecule has 2 aromatic carbocycles. The Labute approximate surface area is 233 Å². The van der Waals surface area contributed by atoms with Crippen molar-refractivity contribution in [3.05, 3.63) is 81.7 Å². The van der Waals surface area contributed by atoms with Crippen LogP contribution in [0.5, 0.6) is 5.75 Å². The van der Waals surface area contributed by atoms with Crippen LogP contribution in [-0.4, -0.2) is 40.4 Å². The van der Waals surface area contributed by atoms with Crippen molar-refractivity contribution in [2.24, 2.45) is 5.73 Å². The van der Waals surface area contributed by atoms with Crippen LogP contribution in [0.3, 0.4) is 0 Å². The Morgan fingerprint density at radius 1 is 1.08 bits per heavy atom. The van der Waals surface area contributed by atoms with E-state index in [0.717, 1.165) is 65.5 Å². The Morgan fingerprint density at radius 3 is 2.38 bits per heavy atom. The number of nitrogens with two attached hydrogens (primary N) is 1. The number of aryl methyl sites for hydroxylation is 4. The van der Waals surface area contributed by atoms with Crippen molar-refractivity contribution in [1.29, 1.82) is 0 Å². The van der Waals surface area contributed by atoms with Gasteiger partial charge in [-0.05, 0) is 72.9 Å². The van der Waals surface area contributed by atoms with Gasteiger partial charge in [0, 0.05) is 29.9 Å². The Balaban J connectivity index is 1.78. The van der Waals surface area contributed by atoms with E-state index >= 15 is 0 Å². The number of aromatic nitrogens is 2. The molecule has 0 radical (unpaired) electrons. The van der Waals surface area contributed by atoms with E-state index in [0.29, 0.717) is 19.1 Å². The zero-order valence-corrected chi connectivity index (χ0v) is 24.3. The van der Waals surface area contributed by atoms with E-state index in [1.54, 1.807) is 0 Å². The highest BCUT2D eigenvalue weighted by atomic mass is 16.5. The molecule has 3 aromatic rings. The third kappa shape index (κ3) is 6.56. The van der Waals surface area contributed by atoms with E-state index in [1.165, 1.54) is 22.3 Å². The molecule has 2 heterocycles. The number of carbonyl (C=O) groups excluding carboxylic acids is 1. The number of hydrogen-bond donors (Lipinski definition) is 1. The minimum atomic E-state index is -0.302. The molecule has 0 saturated heterocycles. The largest absolute Gasteiger partial charge is 0.488 e. The second-order valence-corrected chi connectivity index (χ2v) is 10.8. The topological polar surface area (TPSA) is 81.3 Å². The van der Waals surface area contributed by atoms with Crippen LogP contribution in [0.4, 0.5) is 0 Å². The summed E-state index contributed by atoms with van der Waals surface area (Å²) >= 11 is 0. The molecule has 0 bridgehead atoms. The summed E-state index contributed by atoms with van der Waals surface area (Å²) in [4.78, 5) is 23.8. The first-order valence-corrected chi connectivity index (χ1v) is 14.1. The van der Waals surface area contributed by atoms with Crippen molar-refractivity contribution in [3.8, 4) is 17.1 Å². The van der Waals surface area contributed by atoms with E-state index in [-0.39, 0.29) is 12.5 Å². The summed E-state index contributed by atoms with van der Waals surface area (Å²) in [6.07, 6.45) is 4.80. The van der Waals surface area contributed by atoms with Gasteiger partial charge >= 0.3 is 0 Å². The van der Waals surface area contributed by atoms with Gasteiger partial charge in [0.05, 0.1) is 12.2 Å². The van der Waals surface area contributed by atoms with Crippen molar-refractivity contribution in [2.45, 2.75) is 73.3 Å². The van der Waals surface area contributed by atoms with Crippen LogP contribution in [0.2, 0.25) is 0 Å². The number of carbonyl (C=O) groups is 1. The average Bonchev–Trinajstić information content (AvgIpc) is 2.92. The lowest BCUT2D eigenvalue weighted by atomic mass is 9.95. The molecule has 1 aromatic heterocycles. The summed E-state index contributed by atoms with van der Waals surface area (Å²) in [6.45, 7) is 15.0. The van der Waals surface area contributed by atoms with E-state index in [2.05, 4.69) is 88.9 Å². The predicted octanol–water partition coefficient (Wildman–Crippen LogP) is 6.16. The normalized spacial score (nSPS) is 14.0. The summed E-state index contributed by atoms with van der Waals surface area (Å²) in [5, 5.41) is 0. The van der Waals surface area contributed by atoms with Crippen LogP contribution in [-0.2, 0) is 24.2 Å². The summed E-state index contributed by atoms with van der Waals surface area (Å²) in [6, 6.07) is 12.9. The molecule has 39 heavy (non-hydrogen) atoms. The second kappa shape index (κ2) is 12.6. The smallest absolute Gasteiger partial charge is 0.231 e. The monoisotopic (exact) mass is 526 g/mol. The van der Waals surface area contributed by atoms with Crippen molar-refractivity contribution >= 4 is 11.5 Å². The fourth-order valence-corrected chi connectivity index (χ4v) is 5.25. The van der Waals surface area contributed by atoms with Gasteiger partial charge in [0.15, 0.2) is 5.82 Å². The molecule has 6 nitrogen and oxygen atoms in total. The quantitative estimate of drug-likeness (QED) is 0.342. The maximum absolute atomic E-state index is 11.5. The maximum atomic E-state index is 11.5. The molecular formula is C33H42N4O2. The number of hydrogen-bond acceptors (Lipinski definition) is 5. The molecule has 0 aliphatic carbocycles. The van der Waals surface area contributed by atoms with Crippen LogP contribution in [0.25, 0.3) is 17.0 Å². The molecule has 2 N–H and O–H groups in total. The molecule has 1 aliphatic heterocycles. The van der Waals surface area contributed by atoms with Crippen LogP contribution >= 0.6 is 0 Å². The maximum Gasteiger partial charge on any atom is 0.231 e. The van der Waals surface area contributed by atoms with Crippen LogP contribution in [0.1, 0.15) is 79.2 Å². The van der Waals surface area contributed by atoms with Crippen LogP contribution in [0, 0.1) is 13.8 Å². The third-order valence-corrected chi connectivity index (χ3v) is 7.66. The summed E-state index contributed by atoms with van der Waals surface area (Å²) in [5.41, 5.74) is 15.5. The van der Waals surface area contributed by atoms with Crippen LogP contribution < -0.4 is 10.5 Å². The number of amides is 1. The molecule has 6 heteroatoms. The van der Waals surface area contributed by atoms with Gasteiger partial charge in [-0.1, -0.05) is 64.1 Å². The van der Waals surface area contributed by atoms with Gasteiger partial charge < -0.3 is 10.5 Å². The summed E-state index contributed by atoms with van der Waals surface area (Å²) < 4.78 is 6.46. The van der Waals surface area contributed by atoms with E-state index in [9.17, 15) is 4.79 Å². The lowest BCUT2D eigenvalue weighted by Crippen LogP contribution is -2.36. The number of benzene rings is 2. The lowest BCUT2D eigenvalue weighted by Gasteiger charge is -2.26. The van der Waals surface area contributed by atoms with Gasteiger partial charge in [-0.2, -0.15) is 0 Å². The van der Waals surface area contributed by atoms with E-state index in [4.69, 9.17) is 20.4 Å². The molecule has 0 spiro atoms. The summed E-state index contributed by atoms with van der Waals surface area (Å²) in [7, 11) is 0. The highest BCUT2D eigenvalue weighted by molar-refractivity contribution is 5.76. The zero-order chi connectivity index (χ0) is 28.1. The first-order chi connectivity index (χ1) is 18.7. The van der Waals surface area contributed by atoms with Gasteiger partial charge in [-0.3, -0.25) is 9.69 Å². The van der Waals surface area contributed by atoms with Gasteiger partial charge in [-0.15, -0.1) is 0 Å². The Morgan fingerprint density at radius 2 is 1.79 bits per heavy atom. The van der Waals surface area contributed by atoms with Crippen molar-refractivity contribution in [3.63, 3.8) is 0 Å². The van der Waals surface area contributed by atoms with E-state index in [1.807, 2.05) is 0 Å². The minimum Gasteiger partial charge on any atom is -0.488 e. The standard InChI is InChI=1S/C33H42N4O2/c1-7-24-10-9-11-25(8-2)31(24)33-35-23(6)28(20-39-29-18-27(21(3)4)13-12-22(29)5)32(36-33)26-14-16-37(17-15-26)19-30(34)38/h9-14,18,21H,7-8,15-17,19-20H2,1-6H3,(H2,34,38). The molecule has 1 amide bonds. The molecule has 0 saturated carbocycles. The zero-order valence-electron chi connectivity index (χ0n) is 24.3. The van der Waals surface area contributed by atoms with Gasteiger partial charge in [0.1, 0.15) is 12.4 Å². The first kappa shape index (κ1) is 28.5. The molecule has 4 rings (SSSR count). The van der Waals surface area contributed by atoms with Crippen LogP contribution in [0.15, 0.2) is 42.5 Å². The highest BCUT2D eigenvalue weighted by Crippen LogP contribution is 2.33. The predicted molar refractivity (Wildman–Crippen MR) is 159 cm³/mol. The fourth-order valence-electron chi connectivity index (χ4n) is 5.25. The number of rotatable bonds is 10. The van der Waals surface area contributed by atoms with Crippen molar-refractivity contribution < 1.29 is 9.53 Å². The molecule has 1 aliphatic rings. The molecule has 0 atom stereocenters. The molecule has 206 valence electrons.